The summed E-state index contributed by atoms with van der Waals surface area (Å²) in [4.78, 5) is 22.8. The summed E-state index contributed by atoms with van der Waals surface area (Å²) in [6.07, 6.45) is 1.10. The molecule has 2 heterocycles. The fourth-order valence-corrected chi connectivity index (χ4v) is 2.54. The largest absolute Gasteiger partial charge is 0.476 e. The number of aromatic carboxylic acids is 1. The minimum atomic E-state index is -1.02. The fourth-order valence-electron chi connectivity index (χ4n) is 2.54. The molecule has 5 nitrogen and oxygen atoms in total. The van der Waals surface area contributed by atoms with Crippen molar-refractivity contribution in [1.82, 2.24) is 9.97 Å². The Morgan fingerprint density at radius 1 is 1.18 bits per heavy atom. The second kappa shape index (κ2) is 5.75. The van der Waals surface area contributed by atoms with Crippen molar-refractivity contribution in [3.63, 3.8) is 0 Å². The van der Waals surface area contributed by atoms with E-state index in [1.165, 1.54) is 0 Å². The van der Waals surface area contributed by atoms with Gasteiger partial charge in [0.25, 0.3) is 0 Å². The van der Waals surface area contributed by atoms with Crippen LogP contribution in [0.25, 0.3) is 11.3 Å². The molecule has 2 aromatic rings. The number of benzene rings is 1. The van der Waals surface area contributed by atoms with E-state index in [-0.39, 0.29) is 11.6 Å². The van der Waals surface area contributed by atoms with Crippen LogP contribution < -0.4 is 4.90 Å². The molecule has 114 valence electrons. The Bertz CT molecular complexity index is 695. The third kappa shape index (κ3) is 2.54. The Morgan fingerprint density at radius 2 is 1.86 bits per heavy atom. The monoisotopic (exact) mass is 297 g/mol. The van der Waals surface area contributed by atoms with E-state index >= 15 is 0 Å². The van der Waals surface area contributed by atoms with Gasteiger partial charge in [-0.2, -0.15) is 0 Å². The van der Waals surface area contributed by atoms with Crippen LogP contribution in [0.1, 0.15) is 42.4 Å². The molecular weight excluding hydrogens is 278 g/mol. The predicted molar refractivity (Wildman–Crippen MR) is 85.3 cm³/mol. The molecule has 1 aromatic heterocycles. The average molecular weight is 297 g/mol. The Kier molecular flexibility index (Phi) is 3.79. The third-order valence-corrected chi connectivity index (χ3v) is 3.86. The first kappa shape index (κ1) is 14.5. The maximum atomic E-state index is 11.5. The minimum absolute atomic E-state index is 0.00602. The molecule has 5 heteroatoms. The fraction of sp³-hybridized carbons (Fsp3) is 0.353. The van der Waals surface area contributed by atoms with E-state index in [9.17, 15) is 9.90 Å². The maximum absolute atomic E-state index is 11.5. The van der Waals surface area contributed by atoms with Gasteiger partial charge in [0.2, 0.25) is 0 Å². The molecule has 0 saturated carbocycles. The standard InChI is InChI=1S/C17H19N3O2/c1-11(2)13-15(17(21)22)19-16(20-9-6-10-20)14(18-13)12-7-4-3-5-8-12/h3-5,7-8,11H,6,9-10H2,1-2H3,(H,21,22). The number of anilines is 1. The smallest absolute Gasteiger partial charge is 0.356 e. The summed E-state index contributed by atoms with van der Waals surface area (Å²) in [5, 5.41) is 9.45. The van der Waals surface area contributed by atoms with Gasteiger partial charge >= 0.3 is 5.97 Å². The highest BCUT2D eigenvalue weighted by Crippen LogP contribution is 2.32. The van der Waals surface area contributed by atoms with Crippen LogP contribution in [0.5, 0.6) is 0 Å². The van der Waals surface area contributed by atoms with Gasteiger partial charge in [0.1, 0.15) is 5.69 Å². The van der Waals surface area contributed by atoms with E-state index in [0.717, 1.165) is 30.8 Å². The molecule has 1 saturated heterocycles. The van der Waals surface area contributed by atoms with Gasteiger partial charge in [0.05, 0.1) is 5.69 Å². The van der Waals surface area contributed by atoms with E-state index in [0.29, 0.717) is 11.5 Å². The second-order valence-corrected chi connectivity index (χ2v) is 5.80. The third-order valence-electron chi connectivity index (χ3n) is 3.86. The van der Waals surface area contributed by atoms with Gasteiger partial charge in [-0.1, -0.05) is 44.2 Å². The zero-order chi connectivity index (χ0) is 15.7. The van der Waals surface area contributed by atoms with Gasteiger partial charge in [-0.25, -0.2) is 14.8 Å². The molecule has 0 radical (unpaired) electrons. The first-order chi connectivity index (χ1) is 10.6. The van der Waals surface area contributed by atoms with E-state index < -0.39 is 5.97 Å². The highest BCUT2D eigenvalue weighted by atomic mass is 16.4. The van der Waals surface area contributed by atoms with Crippen molar-refractivity contribution < 1.29 is 9.90 Å². The Morgan fingerprint density at radius 3 is 2.36 bits per heavy atom. The Labute approximate surface area is 129 Å². The van der Waals surface area contributed by atoms with Crippen LogP contribution in [-0.2, 0) is 0 Å². The van der Waals surface area contributed by atoms with Gasteiger partial charge in [0.15, 0.2) is 11.5 Å². The van der Waals surface area contributed by atoms with Gasteiger partial charge in [-0.05, 0) is 12.3 Å². The molecule has 1 aromatic carbocycles. The van der Waals surface area contributed by atoms with Crippen molar-refractivity contribution in [1.29, 1.82) is 0 Å². The zero-order valence-corrected chi connectivity index (χ0v) is 12.8. The van der Waals surface area contributed by atoms with Crippen molar-refractivity contribution in [3.05, 3.63) is 41.7 Å². The molecule has 1 fully saturated rings. The number of carboxylic acids is 1. The van der Waals surface area contributed by atoms with Crippen LogP contribution in [0.3, 0.4) is 0 Å². The number of aromatic nitrogens is 2. The van der Waals surface area contributed by atoms with Gasteiger partial charge in [-0.15, -0.1) is 0 Å². The van der Waals surface area contributed by atoms with E-state index in [1.54, 1.807) is 0 Å². The van der Waals surface area contributed by atoms with Gasteiger partial charge in [0, 0.05) is 18.7 Å². The van der Waals surface area contributed by atoms with Crippen molar-refractivity contribution in [2.24, 2.45) is 0 Å². The normalized spacial score (nSPS) is 14.0. The molecule has 3 rings (SSSR count). The van der Waals surface area contributed by atoms with Crippen LogP contribution in [0.15, 0.2) is 30.3 Å². The summed E-state index contributed by atoms with van der Waals surface area (Å²) in [6, 6.07) is 9.83. The summed E-state index contributed by atoms with van der Waals surface area (Å²) < 4.78 is 0. The van der Waals surface area contributed by atoms with Crippen LogP contribution in [-0.4, -0.2) is 34.1 Å². The Hall–Kier alpha value is -2.43. The molecule has 0 unspecified atom stereocenters. The van der Waals surface area contributed by atoms with Gasteiger partial charge in [-0.3, -0.25) is 0 Å². The Balaban J connectivity index is 2.22. The lowest BCUT2D eigenvalue weighted by Crippen LogP contribution is -2.38. The maximum Gasteiger partial charge on any atom is 0.356 e. The lowest BCUT2D eigenvalue weighted by Gasteiger charge is -2.33. The van der Waals surface area contributed by atoms with E-state index in [1.807, 2.05) is 44.2 Å². The summed E-state index contributed by atoms with van der Waals surface area (Å²) in [5.74, 6) is -0.330. The lowest BCUT2D eigenvalue weighted by molar-refractivity contribution is 0.0688. The summed E-state index contributed by atoms with van der Waals surface area (Å²) in [6.45, 7) is 5.67. The number of rotatable bonds is 4. The van der Waals surface area contributed by atoms with Crippen LogP contribution in [0.2, 0.25) is 0 Å². The highest BCUT2D eigenvalue weighted by Gasteiger charge is 2.26. The minimum Gasteiger partial charge on any atom is -0.476 e. The number of carboxylic acid groups (broad SMARTS) is 1. The van der Waals surface area contributed by atoms with Crippen LogP contribution in [0.4, 0.5) is 5.82 Å². The molecular formula is C17H19N3O2. The molecule has 0 atom stereocenters. The average Bonchev–Trinajstić information content (AvgIpc) is 2.45. The van der Waals surface area contributed by atoms with Crippen molar-refractivity contribution in [2.75, 3.05) is 18.0 Å². The lowest BCUT2D eigenvalue weighted by atomic mass is 10.0. The van der Waals surface area contributed by atoms with E-state index in [2.05, 4.69) is 14.9 Å². The number of nitrogens with zero attached hydrogens (tertiary/aromatic N) is 3. The first-order valence-corrected chi connectivity index (χ1v) is 7.53. The number of hydrogen-bond donors (Lipinski definition) is 1. The summed E-state index contributed by atoms with van der Waals surface area (Å²) >= 11 is 0. The molecule has 0 spiro atoms. The van der Waals surface area contributed by atoms with Gasteiger partial charge < -0.3 is 10.0 Å². The SMILES string of the molecule is CC(C)c1nc(-c2ccccc2)c(N2CCC2)nc1C(=O)O. The highest BCUT2D eigenvalue weighted by molar-refractivity contribution is 5.88. The molecule has 0 aliphatic carbocycles. The van der Waals surface area contributed by atoms with Crippen LogP contribution in [0, 0.1) is 0 Å². The van der Waals surface area contributed by atoms with E-state index in [4.69, 9.17) is 0 Å². The molecule has 0 amide bonds. The second-order valence-electron chi connectivity index (χ2n) is 5.80. The quantitative estimate of drug-likeness (QED) is 0.939. The molecule has 22 heavy (non-hydrogen) atoms. The molecule has 1 aliphatic heterocycles. The molecule has 1 aliphatic rings. The molecule has 1 N–H and O–H groups in total. The number of carbonyl (C=O) groups is 1. The first-order valence-electron chi connectivity index (χ1n) is 7.53. The van der Waals surface area contributed by atoms with Crippen LogP contribution >= 0.6 is 0 Å². The predicted octanol–water partition coefficient (Wildman–Crippen LogP) is 3.18. The topological polar surface area (TPSA) is 66.3 Å². The molecule has 0 bridgehead atoms. The van der Waals surface area contributed by atoms with Crippen molar-refractivity contribution in [2.45, 2.75) is 26.2 Å². The zero-order valence-electron chi connectivity index (χ0n) is 12.8. The number of hydrogen-bond acceptors (Lipinski definition) is 4. The van der Waals surface area contributed by atoms with Crippen molar-refractivity contribution in [3.8, 4) is 11.3 Å². The summed E-state index contributed by atoms with van der Waals surface area (Å²) in [7, 11) is 0. The van der Waals surface area contributed by atoms with Crippen molar-refractivity contribution >= 4 is 11.8 Å². The summed E-state index contributed by atoms with van der Waals surface area (Å²) in [5.41, 5.74) is 2.34.